The Labute approximate surface area is 110 Å². The van der Waals surface area contributed by atoms with Gasteiger partial charge in [0.1, 0.15) is 11.5 Å². The number of benzene rings is 1. The lowest BCUT2D eigenvalue weighted by Gasteiger charge is -2.09. The van der Waals surface area contributed by atoms with Gasteiger partial charge in [0.2, 0.25) is 0 Å². The second kappa shape index (κ2) is 4.82. The van der Waals surface area contributed by atoms with E-state index in [1.54, 1.807) is 12.3 Å². The fourth-order valence-corrected chi connectivity index (χ4v) is 2.24. The van der Waals surface area contributed by atoms with Crippen molar-refractivity contribution in [3.05, 3.63) is 60.2 Å². The van der Waals surface area contributed by atoms with Crippen molar-refractivity contribution < 1.29 is 4.39 Å². The summed E-state index contributed by atoms with van der Waals surface area (Å²) in [6.45, 7) is 0.513. The molecule has 2 aromatic heterocycles. The van der Waals surface area contributed by atoms with Gasteiger partial charge in [0.05, 0.1) is 5.69 Å². The van der Waals surface area contributed by atoms with E-state index in [9.17, 15) is 4.39 Å². The molecule has 0 saturated carbocycles. The minimum Gasteiger partial charge on any atom is -0.316 e. The Hall–Kier alpha value is -2.20. The highest BCUT2D eigenvalue weighted by Crippen LogP contribution is 2.23. The molecule has 19 heavy (non-hydrogen) atoms. The highest BCUT2D eigenvalue weighted by Gasteiger charge is 2.07. The predicted molar refractivity (Wildman–Crippen MR) is 73.3 cm³/mol. The molecule has 0 saturated heterocycles. The summed E-state index contributed by atoms with van der Waals surface area (Å²) >= 11 is 0. The molecule has 0 aliphatic heterocycles. The van der Waals surface area contributed by atoms with Crippen LogP contribution in [0.2, 0.25) is 0 Å². The van der Waals surface area contributed by atoms with Crippen molar-refractivity contribution in [2.75, 3.05) is 7.05 Å². The number of nitrogens with zero attached hydrogens (tertiary/aromatic N) is 2. The van der Waals surface area contributed by atoms with Gasteiger partial charge in [0.25, 0.3) is 0 Å². The van der Waals surface area contributed by atoms with E-state index in [0.717, 1.165) is 16.9 Å². The lowest BCUT2D eigenvalue weighted by atomic mass is 10.1. The van der Waals surface area contributed by atoms with Crippen LogP contribution in [0.5, 0.6) is 0 Å². The maximum Gasteiger partial charge on any atom is 0.137 e. The van der Waals surface area contributed by atoms with E-state index in [4.69, 9.17) is 0 Å². The molecular formula is C15H14FN3. The number of imidazole rings is 1. The third kappa shape index (κ3) is 2.11. The maximum absolute atomic E-state index is 13.7. The molecule has 3 nitrogen and oxygen atoms in total. The fourth-order valence-electron chi connectivity index (χ4n) is 2.24. The summed E-state index contributed by atoms with van der Waals surface area (Å²) in [6.07, 6.45) is 3.67. The van der Waals surface area contributed by atoms with Gasteiger partial charge in [0.15, 0.2) is 0 Å². The Morgan fingerprint density at radius 3 is 3.00 bits per heavy atom. The van der Waals surface area contributed by atoms with Crippen molar-refractivity contribution in [3.8, 4) is 11.3 Å². The smallest absolute Gasteiger partial charge is 0.137 e. The van der Waals surface area contributed by atoms with E-state index in [1.165, 1.54) is 6.07 Å². The van der Waals surface area contributed by atoms with Crippen LogP contribution in [0.4, 0.5) is 4.39 Å². The van der Waals surface area contributed by atoms with Gasteiger partial charge < -0.3 is 5.32 Å². The van der Waals surface area contributed by atoms with Gasteiger partial charge in [-0.15, -0.1) is 0 Å². The van der Waals surface area contributed by atoms with Crippen LogP contribution < -0.4 is 5.32 Å². The number of nitrogens with one attached hydrogen (secondary N) is 1. The number of halogens is 1. The molecule has 3 rings (SSSR count). The zero-order valence-corrected chi connectivity index (χ0v) is 10.6. The average molecular weight is 255 g/mol. The highest BCUT2D eigenvalue weighted by atomic mass is 19.1. The van der Waals surface area contributed by atoms with Gasteiger partial charge in [-0.05, 0) is 42.9 Å². The molecule has 0 amide bonds. The molecular weight excluding hydrogens is 241 g/mol. The second-order valence-corrected chi connectivity index (χ2v) is 4.40. The zero-order chi connectivity index (χ0) is 13.2. The molecule has 2 heterocycles. The molecule has 0 radical (unpaired) electrons. The highest BCUT2D eigenvalue weighted by molar-refractivity contribution is 5.64. The maximum atomic E-state index is 13.7. The minimum atomic E-state index is -0.184. The number of pyridine rings is 1. The van der Waals surface area contributed by atoms with Crippen LogP contribution in [-0.2, 0) is 6.54 Å². The number of aromatic nitrogens is 2. The van der Waals surface area contributed by atoms with Crippen molar-refractivity contribution in [3.63, 3.8) is 0 Å². The van der Waals surface area contributed by atoms with E-state index in [2.05, 4.69) is 10.3 Å². The third-order valence-corrected chi connectivity index (χ3v) is 3.14. The van der Waals surface area contributed by atoms with Gasteiger partial charge in [-0.2, -0.15) is 0 Å². The van der Waals surface area contributed by atoms with Crippen molar-refractivity contribution in [2.24, 2.45) is 0 Å². The van der Waals surface area contributed by atoms with Gasteiger partial charge in [-0.1, -0.05) is 6.07 Å². The normalized spacial score (nSPS) is 11.1. The summed E-state index contributed by atoms with van der Waals surface area (Å²) in [5.74, 6) is -0.184. The molecule has 96 valence electrons. The number of fused-ring (bicyclic) bond motifs is 1. The summed E-state index contributed by atoms with van der Waals surface area (Å²) < 4.78 is 15.7. The molecule has 0 fully saturated rings. The van der Waals surface area contributed by atoms with Gasteiger partial charge in [-0.3, -0.25) is 4.40 Å². The molecule has 1 N–H and O–H groups in total. The standard InChI is InChI=1S/C15H14FN3/c1-17-10-12-9-11(5-6-13(12)16)14-3-2-4-15-18-7-8-19(14)15/h2-9,17H,10H2,1H3. The third-order valence-electron chi connectivity index (χ3n) is 3.14. The van der Waals surface area contributed by atoms with E-state index in [0.29, 0.717) is 12.1 Å². The van der Waals surface area contributed by atoms with Crippen LogP contribution in [0.25, 0.3) is 16.9 Å². The molecule has 1 aromatic carbocycles. The number of hydrogen-bond donors (Lipinski definition) is 1. The monoisotopic (exact) mass is 255 g/mol. The van der Waals surface area contributed by atoms with Gasteiger partial charge in [-0.25, -0.2) is 9.37 Å². The molecule has 0 atom stereocenters. The summed E-state index contributed by atoms with van der Waals surface area (Å²) in [4.78, 5) is 4.26. The first-order chi connectivity index (χ1) is 9.29. The summed E-state index contributed by atoms with van der Waals surface area (Å²) in [7, 11) is 1.81. The quantitative estimate of drug-likeness (QED) is 0.779. The van der Waals surface area contributed by atoms with Crippen LogP contribution in [-0.4, -0.2) is 16.4 Å². The zero-order valence-electron chi connectivity index (χ0n) is 10.6. The largest absolute Gasteiger partial charge is 0.316 e. The van der Waals surface area contributed by atoms with Gasteiger partial charge >= 0.3 is 0 Å². The van der Waals surface area contributed by atoms with Crippen LogP contribution in [0, 0.1) is 5.82 Å². The SMILES string of the molecule is CNCc1cc(-c2cccc3nccn23)ccc1F. The topological polar surface area (TPSA) is 29.3 Å². The van der Waals surface area contributed by atoms with Crippen molar-refractivity contribution in [1.82, 2.24) is 14.7 Å². The molecule has 0 spiro atoms. The molecule has 0 unspecified atom stereocenters. The molecule has 4 heteroatoms. The van der Waals surface area contributed by atoms with E-state index in [1.807, 2.05) is 41.9 Å². The Morgan fingerprint density at radius 2 is 2.16 bits per heavy atom. The Kier molecular flexibility index (Phi) is 3.01. The van der Waals surface area contributed by atoms with Crippen LogP contribution in [0.15, 0.2) is 48.8 Å². The van der Waals surface area contributed by atoms with Crippen LogP contribution in [0.1, 0.15) is 5.56 Å². The Balaban J connectivity index is 2.16. The van der Waals surface area contributed by atoms with Crippen molar-refractivity contribution >= 4 is 5.65 Å². The molecule has 3 aromatic rings. The fraction of sp³-hybridized carbons (Fsp3) is 0.133. The average Bonchev–Trinajstić information content (AvgIpc) is 2.90. The van der Waals surface area contributed by atoms with Crippen molar-refractivity contribution in [2.45, 2.75) is 6.54 Å². The summed E-state index contributed by atoms with van der Waals surface area (Å²) in [6, 6.07) is 11.1. The van der Waals surface area contributed by atoms with E-state index < -0.39 is 0 Å². The minimum absolute atomic E-state index is 0.184. The lowest BCUT2D eigenvalue weighted by Crippen LogP contribution is -2.07. The number of rotatable bonds is 3. The Morgan fingerprint density at radius 1 is 1.26 bits per heavy atom. The Bertz CT molecular complexity index is 718. The molecule has 0 aliphatic rings. The van der Waals surface area contributed by atoms with Crippen LogP contribution >= 0.6 is 0 Å². The predicted octanol–water partition coefficient (Wildman–Crippen LogP) is 2.86. The van der Waals surface area contributed by atoms with Crippen LogP contribution in [0.3, 0.4) is 0 Å². The molecule has 0 bridgehead atoms. The lowest BCUT2D eigenvalue weighted by molar-refractivity contribution is 0.601. The van der Waals surface area contributed by atoms with Gasteiger partial charge in [0, 0.05) is 24.5 Å². The van der Waals surface area contributed by atoms with E-state index >= 15 is 0 Å². The molecule has 0 aliphatic carbocycles. The summed E-state index contributed by atoms with van der Waals surface area (Å²) in [5, 5.41) is 2.98. The number of hydrogen-bond acceptors (Lipinski definition) is 2. The first-order valence-corrected chi connectivity index (χ1v) is 6.15. The first-order valence-electron chi connectivity index (χ1n) is 6.15. The second-order valence-electron chi connectivity index (χ2n) is 4.40. The van der Waals surface area contributed by atoms with E-state index in [-0.39, 0.29) is 5.82 Å². The first kappa shape index (κ1) is 11.9. The van der Waals surface area contributed by atoms with Crippen molar-refractivity contribution in [1.29, 1.82) is 0 Å². The summed E-state index contributed by atoms with van der Waals surface area (Å²) in [5.41, 5.74) is 3.54.